The average Bonchev–Trinajstić information content (AvgIpc) is 3.03. The van der Waals surface area contributed by atoms with Gasteiger partial charge in [-0.15, -0.1) is 0 Å². The summed E-state index contributed by atoms with van der Waals surface area (Å²) in [6.45, 7) is 3.53. The molecule has 3 rings (SSSR count). The Morgan fingerprint density at radius 1 is 1.07 bits per heavy atom. The van der Waals surface area contributed by atoms with Gasteiger partial charge in [0.2, 0.25) is 0 Å². The van der Waals surface area contributed by atoms with E-state index in [2.05, 4.69) is 0 Å². The third kappa shape index (κ3) is 4.55. The summed E-state index contributed by atoms with van der Waals surface area (Å²) in [5, 5.41) is 10.1. The molecule has 0 bridgehead atoms. The minimum atomic E-state index is -3.46. The van der Waals surface area contributed by atoms with Crippen LogP contribution in [0.3, 0.4) is 0 Å². The molecule has 1 saturated carbocycles. The molecule has 0 radical (unpaired) electrons. The molecule has 0 saturated heterocycles. The zero-order chi connectivity index (χ0) is 19.8. The minimum absolute atomic E-state index is 0.0284. The van der Waals surface area contributed by atoms with E-state index in [9.17, 15) is 22.3 Å². The summed E-state index contributed by atoms with van der Waals surface area (Å²) >= 11 is 0. The van der Waals surface area contributed by atoms with Gasteiger partial charge in [-0.1, -0.05) is 12.1 Å². The van der Waals surface area contributed by atoms with Crippen LogP contribution in [0, 0.1) is 23.5 Å². The molecule has 0 aliphatic heterocycles. The topological polar surface area (TPSA) is 54.4 Å². The first-order valence-corrected chi connectivity index (χ1v) is 10.7. The van der Waals surface area contributed by atoms with Crippen LogP contribution in [-0.4, -0.2) is 24.9 Å². The van der Waals surface area contributed by atoms with Crippen LogP contribution in [0.25, 0.3) is 11.1 Å². The van der Waals surface area contributed by atoms with Crippen LogP contribution < -0.4 is 0 Å². The molecule has 27 heavy (non-hydrogen) atoms. The zero-order valence-corrected chi connectivity index (χ0v) is 16.3. The Labute approximate surface area is 159 Å². The van der Waals surface area contributed by atoms with Crippen LogP contribution in [0.5, 0.6) is 0 Å². The fourth-order valence-electron chi connectivity index (χ4n) is 3.84. The standard InChI is InChI=1S/C21H24F2O3S/c1-21(2,24)16-6-3-14(11-16)13-27(25,26)18-8-4-15(5-9-18)19-10-7-17(22)12-20(19)23/h4-5,7-10,12,14,16,24H,3,6,11,13H2,1-2H3. The number of benzene rings is 2. The molecule has 0 heterocycles. The van der Waals surface area contributed by atoms with Crippen molar-refractivity contribution in [3.8, 4) is 11.1 Å². The van der Waals surface area contributed by atoms with Crippen molar-refractivity contribution in [3.05, 3.63) is 54.1 Å². The normalized spacial score (nSPS) is 20.8. The molecule has 1 fully saturated rings. The molecular formula is C21H24F2O3S. The molecule has 2 aromatic rings. The SMILES string of the molecule is CC(C)(O)C1CCC(CS(=O)(=O)c2ccc(-c3ccc(F)cc3F)cc2)C1. The lowest BCUT2D eigenvalue weighted by Gasteiger charge is -2.25. The molecule has 2 aromatic carbocycles. The van der Waals surface area contributed by atoms with Gasteiger partial charge < -0.3 is 5.11 Å². The first kappa shape index (κ1) is 20.0. The van der Waals surface area contributed by atoms with E-state index >= 15 is 0 Å². The number of hydrogen-bond acceptors (Lipinski definition) is 3. The van der Waals surface area contributed by atoms with Gasteiger partial charge in [-0.25, -0.2) is 17.2 Å². The highest BCUT2D eigenvalue weighted by Crippen LogP contribution is 2.39. The summed E-state index contributed by atoms with van der Waals surface area (Å²) < 4.78 is 52.4. The maximum absolute atomic E-state index is 13.9. The molecule has 0 amide bonds. The van der Waals surface area contributed by atoms with Crippen molar-refractivity contribution >= 4 is 9.84 Å². The van der Waals surface area contributed by atoms with Crippen LogP contribution in [0.4, 0.5) is 8.78 Å². The first-order chi connectivity index (χ1) is 12.6. The highest BCUT2D eigenvalue weighted by Gasteiger charge is 2.36. The molecule has 3 nitrogen and oxygen atoms in total. The quantitative estimate of drug-likeness (QED) is 0.807. The average molecular weight is 394 g/mol. The van der Waals surface area contributed by atoms with Gasteiger partial charge in [0.25, 0.3) is 0 Å². The van der Waals surface area contributed by atoms with E-state index in [0.29, 0.717) is 12.0 Å². The Morgan fingerprint density at radius 2 is 1.74 bits per heavy atom. The Bertz CT molecular complexity index is 915. The van der Waals surface area contributed by atoms with Crippen molar-refractivity contribution in [1.29, 1.82) is 0 Å². The van der Waals surface area contributed by atoms with E-state index < -0.39 is 27.1 Å². The summed E-state index contributed by atoms with van der Waals surface area (Å²) in [5.74, 6) is -1.16. The Hall–Kier alpha value is -1.79. The van der Waals surface area contributed by atoms with Crippen LogP contribution >= 0.6 is 0 Å². The summed E-state index contributed by atoms with van der Waals surface area (Å²) in [6.07, 6.45) is 2.31. The van der Waals surface area contributed by atoms with Gasteiger partial charge in [-0.05, 0) is 74.8 Å². The Morgan fingerprint density at radius 3 is 2.30 bits per heavy atom. The number of halogens is 2. The largest absolute Gasteiger partial charge is 0.390 e. The molecule has 2 unspecified atom stereocenters. The van der Waals surface area contributed by atoms with E-state index in [4.69, 9.17) is 0 Å². The fraction of sp³-hybridized carbons (Fsp3) is 0.429. The van der Waals surface area contributed by atoms with Gasteiger partial charge in [0.15, 0.2) is 9.84 Å². The van der Waals surface area contributed by atoms with E-state index in [1.54, 1.807) is 13.8 Å². The maximum atomic E-state index is 13.9. The Balaban J connectivity index is 1.74. The van der Waals surface area contributed by atoms with Crippen LogP contribution in [0.2, 0.25) is 0 Å². The third-order valence-corrected chi connectivity index (χ3v) is 7.35. The van der Waals surface area contributed by atoms with E-state index in [1.807, 2.05) is 0 Å². The monoisotopic (exact) mass is 394 g/mol. The lowest BCUT2D eigenvalue weighted by Crippen LogP contribution is -2.29. The number of aliphatic hydroxyl groups is 1. The second kappa shape index (κ2) is 7.32. The van der Waals surface area contributed by atoms with E-state index in [0.717, 1.165) is 18.9 Å². The van der Waals surface area contributed by atoms with Crippen molar-refractivity contribution in [1.82, 2.24) is 0 Å². The second-order valence-corrected chi connectivity index (χ2v) is 9.99. The van der Waals surface area contributed by atoms with Crippen molar-refractivity contribution in [2.75, 3.05) is 5.75 Å². The molecular weight excluding hydrogens is 370 g/mol. The molecule has 0 aromatic heterocycles. The maximum Gasteiger partial charge on any atom is 0.178 e. The van der Waals surface area contributed by atoms with Crippen LogP contribution in [0.15, 0.2) is 47.4 Å². The molecule has 0 spiro atoms. The molecule has 1 aliphatic rings. The summed E-state index contributed by atoms with van der Waals surface area (Å²) in [7, 11) is -3.46. The summed E-state index contributed by atoms with van der Waals surface area (Å²) in [6, 6.07) is 9.32. The van der Waals surface area contributed by atoms with Crippen LogP contribution in [0.1, 0.15) is 33.1 Å². The van der Waals surface area contributed by atoms with E-state index in [1.165, 1.54) is 36.4 Å². The van der Waals surface area contributed by atoms with Crippen molar-refractivity contribution in [2.45, 2.75) is 43.6 Å². The van der Waals surface area contributed by atoms with Gasteiger partial charge >= 0.3 is 0 Å². The molecule has 1 N–H and O–H groups in total. The predicted molar refractivity (Wildman–Crippen MR) is 101 cm³/mol. The van der Waals surface area contributed by atoms with Gasteiger partial charge in [0.05, 0.1) is 16.2 Å². The predicted octanol–water partition coefficient (Wildman–Crippen LogP) is 4.59. The van der Waals surface area contributed by atoms with Gasteiger partial charge in [0.1, 0.15) is 11.6 Å². The lowest BCUT2D eigenvalue weighted by molar-refractivity contribution is 0.0186. The number of rotatable bonds is 5. The van der Waals surface area contributed by atoms with E-state index in [-0.39, 0.29) is 28.0 Å². The molecule has 146 valence electrons. The Kier molecular flexibility index (Phi) is 5.41. The molecule has 6 heteroatoms. The minimum Gasteiger partial charge on any atom is -0.390 e. The molecule has 2 atom stereocenters. The lowest BCUT2D eigenvalue weighted by atomic mass is 9.89. The van der Waals surface area contributed by atoms with Crippen molar-refractivity contribution < 1.29 is 22.3 Å². The van der Waals surface area contributed by atoms with Gasteiger partial charge in [-0.3, -0.25) is 0 Å². The van der Waals surface area contributed by atoms with Crippen molar-refractivity contribution in [2.24, 2.45) is 11.8 Å². The van der Waals surface area contributed by atoms with Gasteiger partial charge in [-0.2, -0.15) is 0 Å². The first-order valence-electron chi connectivity index (χ1n) is 9.07. The molecule has 1 aliphatic carbocycles. The second-order valence-electron chi connectivity index (χ2n) is 7.96. The summed E-state index contributed by atoms with van der Waals surface area (Å²) in [4.78, 5) is 0.195. The van der Waals surface area contributed by atoms with Crippen LogP contribution in [-0.2, 0) is 9.84 Å². The highest BCUT2D eigenvalue weighted by molar-refractivity contribution is 7.91. The summed E-state index contributed by atoms with van der Waals surface area (Å²) in [5.41, 5.74) is -0.0714. The fourth-order valence-corrected chi connectivity index (χ4v) is 5.51. The third-order valence-electron chi connectivity index (χ3n) is 5.45. The number of sulfone groups is 1. The smallest absolute Gasteiger partial charge is 0.178 e. The van der Waals surface area contributed by atoms with Gasteiger partial charge in [0, 0.05) is 11.6 Å². The zero-order valence-electron chi connectivity index (χ0n) is 15.5. The van der Waals surface area contributed by atoms with Crippen molar-refractivity contribution in [3.63, 3.8) is 0 Å². The number of hydrogen-bond donors (Lipinski definition) is 1. The highest BCUT2D eigenvalue weighted by atomic mass is 32.2.